The van der Waals surface area contributed by atoms with Crippen molar-refractivity contribution in [1.82, 2.24) is 9.97 Å². The number of ether oxygens (including phenoxy) is 1. The van der Waals surface area contributed by atoms with Crippen molar-refractivity contribution in [3.8, 4) is 0 Å². The Kier molecular flexibility index (Phi) is 4.35. The van der Waals surface area contributed by atoms with Crippen LogP contribution in [0.15, 0.2) is 53.3 Å². The summed E-state index contributed by atoms with van der Waals surface area (Å²) in [6.07, 6.45) is 0. The van der Waals surface area contributed by atoms with E-state index in [0.29, 0.717) is 22.2 Å². The molecule has 6 nitrogen and oxygen atoms in total. The quantitative estimate of drug-likeness (QED) is 0.563. The molecule has 3 rings (SSSR count). The number of H-pyrrole nitrogens is 1. The first-order chi connectivity index (χ1) is 11.6. The van der Waals surface area contributed by atoms with Crippen LogP contribution in [0.4, 0.5) is 5.69 Å². The summed E-state index contributed by atoms with van der Waals surface area (Å²) in [5.41, 5.74) is 1.29. The van der Waals surface area contributed by atoms with E-state index in [2.05, 4.69) is 20.0 Å². The third-order valence-electron chi connectivity index (χ3n) is 3.37. The van der Waals surface area contributed by atoms with Crippen LogP contribution < -0.4 is 10.9 Å². The first-order valence-electron chi connectivity index (χ1n) is 7.07. The van der Waals surface area contributed by atoms with Crippen LogP contribution in [0.1, 0.15) is 16.2 Å². The Hall–Kier alpha value is -3.06. The summed E-state index contributed by atoms with van der Waals surface area (Å²) < 4.78 is 4.69. The van der Waals surface area contributed by atoms with Gasteiger partial charge in [0.05, 0.1) is 23.6 Å². The van der Waals surface area contributed by atoms with E-state index < -0.39 is 5.97 Å². The summed E-state index contributed by atoms with van der Waals surface area (Å²) in [5, 5.41) is 3.46. The maximum atomic E-state index is 12.1. The fourth-order valence-electron chi connectivity index (χ4n) is 2.23. The molecule has 0 atom stereocenters. The highest BCUT2D eigenvalue weighted by molar-refractivity contribution is 7.81. The van der Waals surface area contributed by atoms with Gasteiger partial charge in [-0.15, -0.1) is 0 Å². The number of carbonyl (C=O) groups excluding carboxylic acids is 1. The summed E-state index contributed by atoms with van der Waals surface area (Å²) in [6, 6.07) is 13.7. The van der Waals surface area contributed by atoms with Crippen molar-refractivity contribution in [3.05, 3.63) is 70.3 Å². The third-order valence-corrected chi connectivity index (χ3v) is 3.66. The molecular weight excluding hydrogens is 326 g/mol. The Morgan fingerprint density at radius 3 is 2.79 bits per heavy atom. The molecular formula is C17H13N3O3S. The molecule has 7 heteroatoms. The van der Waals surface area contributed by atoms with Crippen LogP contribution in [-0.2, 0) is 4.74 Å². The number of nitrogens with zero attached hydrogens (tertiary/aromatic N) is 1. The summed E-state index contributed by atoms with van der Waals surface area (Å²) in [4.78, 5) is 30.9. The summed E-state index contributed by atoms with van der Waals surface area (Å²) in [7, 11) is 1.32. The van der Waals surface area contributed by atoms with Crippen molar-refractivity contribution < 1.29 is 9.53 Å². The number of rotatable bonds is 3. The molecule has 0 saturated carbocycles. The maximum absolute atomic E-state index is 12.1. The Morgan fingerprint density at radius 1 is 1.21 bits per heavy atom. The zero-order chi connectivity index (χ0) is 17.1. The van der Waals surface area contributed by atoms with Crippen LogP contribution in [0.2, 0.25) is 0 Å². The van der Waals surface area contributed by atoms with E-state index in [1.807, 2.05) is 0 Å². The number of fused-ring (bicyclic) bond motifs is 1. The highest BCUT2D eigenvalue weighted by atomic mass is 32.1. The minimum Gasteiger partial charge on any atom is -0.465 e. The third kappa shape index (κ3) is 3.16. The lowest BCUT2D eigenvalue weighted by atomic mass is 10.2. The van der Waals surface area contributed by atoms with Crippen LogP contribution in [-0.4, -0.2) is 28.0 Å². The number of nitrogens with one attached hydrogen (secondary N) is 2. The van der Waals surface area contributed by atoms with Gasteiger partial charge in [0.25, 0.3) is 5.56 Å². The molecule has 0 spiro atoms. The van der Waals surface area contributed by atoms with Gasteiger partial charge in [-0.05, 0) is 30.3 Å². The summed E-state index contributed by atoms with van der Waals surface area (Å²) in [5.74, 6) is -0.182. The van der Waals surface area contributed by atoms with Gasteiger partial charge in [0.15, 0.2) is 5.82 Å². The number of hydrogen-bond donors (Lipinski definition) is 2. The number of methoxy groups -OCH3 is 1. The zero-order valence-electron chi connectivity index (χ0n) is 12.7. The Morgan fingerprint density at radius 2 is 2.00 bits per heavy atom. The number of aromatic nitrogens is 2. The predicted molar refractivity (Wildman–Crippen MR) is 95.5 cm³/mol. The number of hydrogen-bond acceptors (Lipinski definition) is 5. The lowest BCUT2D eigenvalue weighted by molar-refractivity contribution is 0.0601. The van der Waals surface area contributed by atoms with Gasteiger partial charge in [0, 0.05) is 5.69 Å². The molecule has 1 aromatic heterocycles. The van der Waals surface area contributed by atoms with Gasteiger partial charge in [-0.2, -0.15) is 0 Å². The van der Waals surface area contributed by atoms with Gasteiger partial charge in [0.2, 0.25) is 0 Å². The second-order valence-electron chi connectivity index (χ2n) is 4.96. The maximum Gasteiger partial charge on any atom is 0.337 e. The molecule has 2 N–H and O–H groups in total. The fourth-order valence-corrected chi connectivity index (χ4v) is 2.44. The smallest absolute Gasteiger partial charge is 0.337 e. The standard InChI is InChI=1S/C17H13N3O3S/c1-23-17(22)10-5-4-6-11(9-10)18-16(24)14-19-13-8-3-2-7-12(13)15(21)20-14/h2-9H,1H3,(H,18,24)(H,19,20,21). The van der Waals surface area contributed by atoms with Crippen molar-refractivity contribution in [3.63, 3.8) is 0 Å². The van der Waals surface area contributed by atoms with E-state index in [0.717, 1.165) is 0 Å². The normalized spacial score (nSPS) is 10.4. The Labute approximate surface area is 142 Å². The molecule has 3 aromatic rings. The SMILES string of the molecule is COC(=O)c1cccc(NC(=S)c2nc3ccccc3c(=O)[nH]2)c1. The van der Waals surface area contributed by atoms with E-state index in [-0.39, 0.29) is 16.4 Å². The summed E-state index contributed by atoms with van der Waals surface area (Å²) >= 11 is 5.30. The lowest BCUT2D eigenvalue weighted by Gasteiger charge is -2.09. The van der Waals surface area contributed by atoms with Gasteiger partial charge in [-0.25, -0.2) is 9.78 Å². The Bertz CT molecular complexity index is 998. The number of anilines is 1. The lowest BCUT2D eigenvalue weighted by Crippen LogP contribution is -2.20. The van der Waals surface area contributed by atoms with E-state index in [1.165, 1.54) is 7.11 Å². The molecule has 0 unspecified atom stereocenters. The van der Waals surface area contributed by atoms with Crippen molar-refractivity contribution >= 4 is 39.8 Å². The molecule has 120 valence electrons. The number of para-hydroxylation sites is 1. The van der Waals surface area contributed by atoms with Gasteiger partial charge in [-0.1, -0.05) is 30.4 Å². The molecule has 2 aromatic carbocycles. The zero-order valence-corrected chi connectivity index (χ0v) is 13.5. The topological polar surface area (TPSA) is 84.1 Å². The highest BCUT2D eigenvalue weighted by Crippen LogP contribution is 2.13. The molecule has 24 heavy (non-hydrogen) atoms. The summed E-state index contributed by atoms with van der Waals surface area (Å²) in [6.45, 7) is 0. The Balaban J connectivity index is 1.90. The van der Waals surface area contributed by atoms with Crippen molar-refractivity contribution in [2.45, 2.75) is 0 Å². The van der Waals surface area contributed by atoms with Crippen LogP contribution in [0.25, 0.3) is 10.9 Å². The largest absolute Gasteiger partial charge is 0.465 e. The van der Waals surface area contributed by atoms with Gasteiger partial charge in [0.1, 0.15) is 4.99 Å². The van der Waals surface area contributed by atoms with Crippen molar-refractivity contribution in [1.29, 1.82) is 0 Å². The van der Waals surface area contributed by atoms with E-state index >= 15 is 0 Å². The first kappa shape index (κ1) is 15.8. The number of esters is 1. The van der Waals surface area contributed by atoms with Gasteiger partial charge < -0.3 is 15.0 Å². The minimum absolute atomic E-state index is 0.250. The predicted octanol–water partition coefficient (Wildman–Crippen LogP) is 2.50. The molecule has 0 saturated heterocycles. The van der Waals surface area contributed by atoms with E-state index in [9.17, 15) is 9.59 Å². The monoisotopic (exact) mass is 339 g/mol. The number of benzene rings is 2. The molecule has 0 aliphatic heterocycles. The van der Waals surface area contributed by atoms with Gasteiger partial charge >= 0.3 is 5.97 Å². The van der Waals surface area contributed by atoms with Crippen LogP contribution >= 0.6 is 12.2 Å². The molecule has 0 amide bonds. The molecule has 0 bridgehead atoms. The highest BCUT2D eigenvalue weighted by Gasteiger charge is 2.10. The molecule has 0 aliphatic rings. The van der Waals surface area contributed by atoms with Crippen molar-refractivity contribution in [2.75, 3.05) is 12.4 Å². The molecule has 1 heterocycles. The number of aromatic amines is 1. The molecule has 0 fully saturated rings. The fraction of sp³-hybridized carbons (Fsp3) is 0.0588. The number of thiocarbonyl (C=S) groups is 1. The number of carbonyl (C=O) groups is 1. The van der Waals surface area contributed by atoms with E-state index in [4.69, 9.17) is 12.2 Å². The second-order valence-corrected chi connectivity index (χ2v) is 5.37. The first-order valence-corrected chi connectivity index (χ1v) is 7.48. The van der Waals surface area contributed by atoms with Crippen LogP contribution in [0, 0.1) is 0 Å². The van der Waals surface area contributed by atoms with Gasteiger partial charge in [-0.3, -0.25) is 4.79 Å². The minimum atomic E-state index is -0.443. The van der Waals surface area contributed by atoms with E-state index in [1.54, 1.807) is 48.5 Å². The van der Waals surface area contributed by atoms with Crippen LogP contribution in [0.5, 0.6) is 0 Å². The second kappa shape index (κ2) is 6.59. The van der Waals surface area contributed by atoms with Crippen LogP contribution in [0.3, 0.4) is 0 Å². The van der Waals surface area contributed by atoms with Crippen molar-refractivity contribution in [2.24, 2.45) is 0 Å². The molecule has 0 aliphatic carbocycles. The average molecular weight is 339 g/mol. The average Bonchev–Trinajstić information content (AvgIpc) is 2.61. The molecule has 0 radical (unpaired) electrons.